The van der Waals surface area contributed by atoms with Crippen LogP contribution in [-0.4, -0.2) is 61.4 Å². The lowest BCUT2D eigenvalue weighted by Crippen LogP contribution is -2.37. The zero-order chi connectivity index (χ0) is 18.7. The van der Waals surface area contributed by atoms with E-state index < -0.39 is 16.0 Å². The Labute approximate surface area is 155 Å². The molecule has 1 aliphatic heterocycles. The molecule has 0 bridgehead atoms. The number of aliphatic carboxylic acids is 1. The minimum atomic E-state index is -3.49. The van der Waals surface area contributed by atoms with Crippen molar-refractivity contribution < 1.29 is 18.3 Å². The molecule has 1 aromatic carbocycles. The molecule has 1 unspecified atom stereocenters. The van der Waals surface area contributed by atoms with Crippen LogP contribution in [0.2, 0.25) is 0 Å². The topological polar surface area (TPSA) is 77.9 Å². The molecule has 1 N–H and O–H groups in total. The summed E-state index contributed by atoms with van der Waals surface area (Å²) in [4.78, 5) is 13.1. The molecule has 0 spiro atoms. The number of carboxylic acid groups (broad SMARTS) is 1. The van der Waals surface area contributed by atoms with E-state index in [4.69, 9.17) is 5.11 Å². The molecule has 2 aliphatic rings. The van der Waals surface area contributed by atoms with Gasteiger partial charge in [0.2, 0.25) is 10.0 Å². The van der Waals surface area contributed by atoms with Crippen LogP contribution < -0.4 is 0 Å². The summed E-state index contributed by atoms with van der Waals surface area (Å²) < 4.78 is 27.8. The molecule has 1 aromatic rings. The normalized spacial score (nSPS) is 22.0. The quantitative estimate of drug-likeness (QED) is 0.847. The Morgan fingerprint density at radius 3 is 2.62 bits per heavy atom. The average molecular weight is 381 g/mol. The average Bonchev–Trinajstić information content (AvgIpc) is 2.87. The van der Waals surface area contributed by atoms with Gasteiger partial charge in [-0.1, -0.05) is 6.07 Å². The largest absolute Gasteiger partial charge is 0.480 e. The SMILES string of the molecule is CN(CC(=O)O)C1CCCN(S(=O)(=O)c2ccc3c(c2)CCCC3)CC1. The van der Waals surface area contributed by atoms with Gasteiger partial charge in [0.1, 0.15) is 0 Å². The third-order valence-electron chi connectivity index (χ3n) is 5.62. The van der Waals surface area contributed by atoms with Crippen LogP contribution in [0.4, 0.5) is 0 Å². The van der Waals surface area contributed by atoms with E-state index in [0.717, 1.165) is 32.1 Å². The Morgan fingerprint density at radius 1 is 1.15 bits per heavy atom. The van der Waals surface area contributed by atoms with Crippen LogP contribution in [0.25, 0.3) is 0 Å². The van der Waals surface area contributed by atoms with Crippen molar-refractivity contribution in [2.75, 3.05) is 26.7 Å². The van der Waals surface area contributed by atoms with E-state index in [1.54, 1.807) is 17.4 Å². The van der Waals surface area contributed by atoms with Gasteiger partial charge in [-0.2, -0.15) is 4.31 Å². The summed E-state index contributed by atoms with van der Waals surface area (Å²) in [7, 11) is -1.69. The molecule has 26 heavy (non-hydrogen) atoms. The molecule has 6 nitrogen and oxygen atoms in total. The van der Waals surface area contributed by atoms with Crippen LogP contribution in [0.1, 0.15) is 43.2 Å². The first kappa shape index (κ1) is 19.3. The summed E-state index contributed by atoms with van der Waals surface area (Å²) in [6, 6.07) is 5.69. The standard InChI is InChI=1S/C19H28N2O4S/c1-20(14-19(22)23)17-7-4-11-21(12-10-17)26(24,25)18-9-8-15-5-2-3-6-16(15)13-18/h8-9,13,17H,2-7,10-12,14H2,1H3,(H,22,23). The fourth-order valence-corrected chi connectivity index (χ4v) is 5.64. The van der Waals surface area contributed by atoms with Gasteiger partial charge in [0.15, 0.2) is 0 Å². The number of carbonyl (C=O) groups is 1. The molecule has 0 aromatic heterocycles. The summed E-state index contributed by atoms with van der Waals surface area (Å²) in [5.74, 6) is -0.852. The van der Waals surface area contributed by atoms with Crippen molar-refractivity contribution >= 4 is 16.0 Å². The number of hydrogen-bond acceptors (Lipinski definition) is 4. The van der Waals surface area contributed by atoms with E-state index in [-0.39, 0.29) is 12.6 Å². The van der Waals surface area contributed by atoms with Crippen LogP contribution in [0.3, 0.4) is 0 Å². The highest BCUT2D eigenvalue weighted by molar-refractivity contribution is 7.89. The van der Waals surface area contributed by atoms with Crippen molar-refractivity contribution in [2.24, 2.45) is 0 Å². The van der Waals surface area contributed by atoms with E-state index in [0.29, 0.717) is 24.4 Å². The molecule has 1 atom stereocenters. The molecule has 1 fully saturated rings. The third-order valence-corrected chi connectivity index (χ3v) is 7.52. The molecule has 0 radical (unpaired) electrons. The number of carboxylic acids is 1. The molecule has 7 heteroatoms. The second kappa shape index (κ2) is 8.06. The maximum absolute atomic E-state index is 13.1. The molecular weight excluding hydrogens is 352 g/mol. The monoisotopic (exact) mass is 380 g/mol. The van der Waals surface area contributed by atoms with Crippen molar-refractivity contribution in [3.63, 3.8) is 0 Å². The number of sulfonamides is 1. The van der Waals surface area contributed by atoms with Crippen LogP contribution >= 0.6 is 0 Å². The smallest absolute Gasteiger partial charge is 0.317 e. The first-order valence-corrected chi connectivity index (χ1v) is 10.9. The minimum absolute atomic E-state index is 0.0117. The Morgan fingerprint density at radius 2 is 1.88 bits per heavy atom. The fourth-order valence-electron chi connectivity index (χ4n) is 4.10. The molecule has 3 rings (SSSR count). The summed E-state index contributed by atoms with van der Waals surface area (Å²) in [5, 5.41) is 8.96. The van der Waals surface area contributed by atoms with Crippen LogP contribution in [0, 0.1) is 0 Å². The number of aryl methyl sites for hydroxylation is 2. The highest BCUT2D eigenvalue weighted by Crippen LogP contribution is 2.27. The van der Waals surface area contributed by atoms with Gasteiger partial charge < -0.3 is 5.11 Å². The van der Waals surface area contributed by atoms with Gasteiger partial charge >= 0.3 is 5.97 Å². The molecule has 0 saturated carbocycles. The highest BCUT2D eigenvalue weighted by Gasteiger charge is 2.29. The third kappa shape index (κ3) is 4.27. The maximum atomic E-state index is 13.1. The van der Waals surface area contributed by atoms with E-state index in [1.165, 1.54) is 17.5 Å². The van der Waals surface area contributed by atoms with E-state index in [9.17, 15) is 13.2 Å². The Kier molecular flexibility index (Phi) is 5.99. The molecule has 144 valence electrons. The minimum Gasteiger partial charge on any atom is -0.480 e. The molecule has 1 saturated heterocycles. The van der Waals surface area contributed by atoms with Gasteiger partial charge in [0.25, 0.3) is 0 Å². The van der Waals surface area contributed by atoms with Crippen LogP contribution in [0.15, 0.2) is 23.1 Å². The number of hydrogen-bond donors (Lipinski definition) is 1. The lowest BCUT2D eigenvalue weighted by Gasteiger charge is -2.25. The second-order valence-electron chi connectivity index (χ2n) is 7.44. The summed E-state index contributed by atoms with van der Waals surface area (Å²) in [6.07, 6.45) is 6.53. The predicted molar refractivity (Wildman–Crippen MR) is 99.7 cm³/mol. The van der Waals surface area contributed by atoms with Crippen LogP contribution in [0.5, 0.6) is 0 Å². The Bertz CT molecular complexity index is 763. The first-order chi connectivity index (χ1) is 12.4. The Balaban J connectivity index is 1.73. The maximum Gasteiger partial charge on any atom is 0.317 e. The number of rotatable bonds is 5. The van der Waals surface area contributed by atoms with Crippen molar-refractivity contribution in [2.45, 2.75) is 55.9 Å². The number of fused-ring (bicyclic) bond motifs is 1. The van der Waals surface area contributed by atoms with E-state index >= 15 is 0 Å². The Hall–Kier alpha value is -1.44. The van der Waals surface area contributed by atoms with Crippen LogP contribution in [-0.2, 0) is 27.7 Å². The molecule has 1 aliphatic carbocycles. The van der Waals surface area contributed by atoms with Gasteiger partial charge in [0, 0.05) is 19.1 Å². The van der Waals surface area contributed by atoms with Crippen molar-refractivity contribution in [3.8, 4) is 0 Å². The van der Waals surface area contributed by atoms with Crippen molar-refractivity contribution in [3.05, 3.63) is 29.3 Å². The number of benzene rings is 1. The highest BCUT2D eigenvalue weighted by atomic mass is 32.2. The lowest BCUT2D eigenvalue weighted by atomic mass is 9.92. The molecule has 1 heterocycles. The summed E-state index contributed by atoms with van der Waals surface area (Å²) >= 11 is 0. The molecular formula is C19H28N2O4S. The summed E-state index contributed by atoms with van der Waals surface area (Å²) in [6.45, 7) is 0.924. The van der Waals surface area contributed by atoms with Crippen molar-refractivity contribution in [1.82, 2.24) is 9.21 Å². The number of nitrogens with zero attached hydrogens (tertiary/aromatic N) is 2. The zero-order valence-electron chi connectivity index (χ0n) is 15.4. The molecule has 0 amide bonds. The van der Waals surface area contributed by atoms with Gasteiger partial charge in [0.05, 0.1) is 11.4 Å². The van der Waals surface area contributed by atoms with E-state index in [1.807, 2.05) is 17.0 Å². The van der Waals surface area contributed by atoms with E-state index in [2.05, 4.69) is 0 Å². The first-order valence-electron chi connectivity index (χ1n) is 9.42. The number of likely N-dealkylation sites (N-methyl/N-ethyl adjacent to an activating group) is 1. The van der Waals surface area contributed by atoms with Gasteiger partial charge in [-0.05, 0) is 75.3 Å². The van der Waals surface area contributed by atoms with Crippen molar-refractivity contribution in [1.29, 1.82) is 0 Å². The zero-order valence-corrected chi connectivity index (χ0v) is 16.2. The van der Waals surface area contributed by atoms with Gasteiger partial charge in [-0.3, -0.25) is 9.69 Å². The van der Waals surface area contributed by atoms with Gasteiger partial charge in [-0.25, -0.2) is 8.42 Å². The van der Waals surface area contributed by atoms with Gasteiger partial charge in [-0.15, -0.1) is 0 Å². The summed E-state index contributed by atoms with van der Waals surface area (Å²) in [5.41, 5.74) is 2.45. The second-order valence-corrected chi connectivity index (χ2v) is 9.37. The predicted octanol–water partition coefficient (Wildman–Crippen LogP) is 2.12. The fraction of sp³-hybridized carbons (Fsp3) is 0.632. The lowest BCUT2D eigenvalue weighted by molar-refractivity contribution is -0.138.